The highest BCUT2D eigenvalue weighted by atomic mass is 16.2. The Hall–Kier alpha value is -1.85. The van der Waals surface area contributed by atoms with Crippen LogP contribution in [0.1, 0.15) is 70.7 Å². The molecule has 6 heteroatoms. The number of carbonyl (C=O) groups excluding carboxylic acids is 2. The van der Waals surface area contributed by atoms with Gasteiger partial charge in [0.25, 0.3) is 0 Å². The molecule has 2 atom stereocenters. The number of hydrogen-bond acceptors (Lipinski definition) is 3. The van der Waals surface area contributed by atoms with Crippen LogP contribution in [0, 0.1) is 11.8 Å². The normalized spacial score (nSPS) is 23.9. The standard InChI is InChI=1S/C20H32N4O2/c1-20(2,3)17-12-14(22-23-17)13-21-18(25)15-8-4-5-9-16(15)19(26)24-10-6-7-11-24/h12,15-16H,4-11,13H2,1-3H3,(H,21,25)(H,22,23)/t15-,16+/m1/s1. The number of aromatic amines is 1. The second kappa shape index (κ2) is 7.80. The minimum atomic E-state index is -0.193. The highest BCUT2D eigenvalue weighted by Gasteiger charge is 2.38. The molecule has 6 nitrogen and oxygen atoms in total. The van der Waals surface area contributed by atoms with Crippen molar-refractivity contribution in [2.24, 2.45) is 11.8 Å². The van der Waals surface area contributed by atoms with Gasteiger partial charge in [0.15, 0.2) is 0 Å². The molecule has 1 aliphatic heterocycles. The fourth-order valence-corrected chi connectivity index (χ4v) is 4.06. The van der Waals surface area contributed by atoms with Crippen LogP contribution < -0.4 is 5.32 Å². The molecular formula is C20H32N4O2. The molecule has 2 amide bonds. The number of hydrogen-bond donors (Lipinski definition) is 2. The average molecular weight is 361 g/mol. The van der Waals surface area contributed by atoms with Crippen LogP contribution >= 0.6 is 0 Å². The Kier molecular flexibility index (Phi) is 5.68. The lowest BCUT2D eigenvalue weighted by molar-refractivity contribution is -0.142. The van der Waals surface area contributed by atoms with E-state index >= 15 is 0 Å². The summed E-state index contributed by atoms with van der Waals surface area (Å²) in [6.45, 7) is 8.48. The quantitative estimate of drug-likeness (QED) is 0.867. The topological polar surface area (TPSA) is 78.1 Å². The molecule has 2 heterocycles. The summed E-state index contributed by atoms with van der Waals surface area (Å²) in [5.74, 6) is -0.135. The molecule has 1 aromatic rings. The lowest BCUT2D eigenvalue weighted by atomic mass is 9.78. The molecule has 1 saturated carbocycles. The van der Waals surface area contributed by atoms with Crippen LogP contribution in [0.15, 0.2) is 6.07 Å². The lowest BCUT2D eigenvalue weighted by Crippen LogP contribution is -2.44. The molecule has 0 unspecified atom stereocenters. The molecule has 0 spiro atoms. The van der Waals surface area contributed by atoms with Gasteiger partial charge >= 0.3 is 0 Å². The third-order valence-electron chi connectivity index (χ3n) is 5.69. The molecule has 0 radical (unpaired) electrons. The van der Waals surface area contributed by atoms with Crippen LogP contribution in [0.5, 0.6) is 0 Å². The number of nitrogens with zero attached hydrogens (tertiary/aromatic N) is 2. The largest absolute Gasteiger partial charge is 0.350 e. The van der Waals surface area contributed by atoms with Crippen molar-refractivity contribution in [1.82, 2.24) is 20.4 Å². The fourth-order valence-electron chi connectivity index (χ4n) is 4.06. The van der Waals surface area contributed by atoms with Gasteiger partial charge in [-0.15, -0.1) is 0 Å². The Balaban J connectivity index is 1.59. The molecule has 2 N–H and O–H groups in total. The summed E-state index contributed by atoms with van der Waals surface area (Å²) in [7, 11) is 0. The van der Waals surface area contributed by atoms with Gasteiger partial charge in [-0.3, -0.25) is 14.7 Å². The molecule has 1 aromatic heterocycles. The van der Waals surface area contributed by atoms with E-state index in [1.165, 1.54) is 0 Å². The summed E-state index contributed by atoms with van der Waals surface area (Å²) >= 11 is 0. The Morgan fingerprint density at radius 2 is 1.81 bits per heavy atom. The van der Waals surface area contributed by atoms with Crippen molar-refractivity contribution in [3.8, 4) is 0 Å². The van der Waals surface area contributed by atoms with E-state index in [4.69, 9.17) is 0 Å². The Morgan fingerprint density at radius 1 is 1.15 bits per heavy atom. The molecule has 144 valence electrons. The molecular weight excluding hydrogens is 328 g/mol. The predicted molar refractivity (Wildman–Crippen MR) is 100 cm³/mol. The van der Waals surface area contributed by atoms with Crippen molar-refractivity contribution >= 4 is 11.8 Å². The predicted octanol–water partition coefficient (Wildman–Crippen LogP) is 2.75. The minimum absolute atomic E-state index is 0.00848. The maximum Gasteiger partial charge on any atom is 0.226 e. The third kappa shape index (κ3) is 4.27. The lowest BCUT2D eigenvalue weighted by Gasteiger charge is -2.32. The summed E-state index contributed by atoms with van der Waals surface area (Å²) in [5.41, 5.74) is 1.87. The number of rotatable bonds is 4. The van der Waals surface area contributed by atoms with Gasteiger partial charge in [0, 0.05) is 30.3 Å². The second-order valence-corrected chi connectivity index (χ2v) is 8.78. The monoisotopic (exact) mass is 360 g/mol. The molecule has 1 aliphatic carbocycles. The van der Waals surface area contributed by atoms with Gasteiger partial charge in [0.05, 0.1) is 17.9 Å². The van der Waals surface area contributed by atoms with Crippen molar-refractivity contribution in [3.05, 3.63) is 17.5 Å². The number of H-pyrrole nitrogens is 1. The van der Waals surface area contributed by atoms with Crippen molar-refractivity contribution in [1.29, 1.82) is 0 Å². The summed E-state index contributed by atoms with van der Waals surface area (Å²) < 4.78 is 0. The van der Waals surface area contributed by atoms with Gasteiger partial charge < -0.3 is 10.2 Å². The first kappa shape index (κ1) is 18.9. The summed E-state index contributed by atoms with van der Waals surface area (Å²) in [6.07, 6.45) is 5.90. The Labute approximate surface area is 156 Å². The van der Waals surface area contributed by atoms with Crippen LogP contribution in [0.4, 0.5) is 0 Å². The summed E-state index contributed by atoms with van der Waals surface area (Å²) in [5, 5.41) is 10.4. The molecule has 3 rings (SSSR count). The number of carbonyl (C=O) groups is 2. The van der Waals surface area contributed by atoms with E-state index in [9.17, 15) is 9.59 Å². The van der Waals surface area contributed by atoms with Gasteiger partial charge in [-0.25, -0.2) is 0 Å². The SMILES string of the molecule is CC(C)(C)c1cc(CNC(=O)[C@@H]2CCCC[C@@H]2C(=O)N2CCCC2)[nH]n1. The van der Waals surface area contributed by atoms with Crippen molar-refractivity contribution in [2.75, 3.05) is 13.1 Å². The summed E-state index contributed by atoms with van der Waals surface area (Å²) in [6, 6.07) is 2.01. The Morgan fingerprint density at radius 3 is 2.42 bits per heavy atom. The maximum absolute atomic E-state index is 12.8. The zero-order valence-electron chi connectivity index (χ0n) is 16.3. The molecule has 2 aliphatic rings. The van der Waals surface area contributed by atoms with Gasteiger partial charge in [0.1, 0.15) is 0 Å². The van der Waals surface area contributed by atoms with Gasteiger partial charge in [-0.1, -0.05) is 33.6 Å². The van der Waals surface area contributed by atoms with E-state index in [1.54, 1.807) is 0 Å². The van der Waals surface area contributed by atoms with Crippen molar-refractivity contribution in [2.45, 2.75) is 71.3 Å². The third-order valence-corrected chi connectivity index (χ3v) is 5.69. The number of amides is 2. The minimum Gasteiger partial charge on any atom is -0.350 e. The van der Waals surface area contributed by atoms with E-state index in [0.717, 1.165) is 63.0 Å². The van der Waals surface area contributed by atoms with E-state index in [0.29, 0.717) is 6.54 Å². The smallest absolute Gasteiger partial charge is 0.226 e. The maximum atomic E-state index is 12.8. The summed E-state index contributed by atoms with van der Waals surface area (Å²) in [4.78, 5) is 27.6. The number of nitrogens with one attached hydrogen (secondary N) is 2. The first-order valence-electron chi connectivity index (χ1n) is 9.97. The van der Waals surface area contributed by atoms with Crippen molar-refractivity contribution < 1.29 is 9.59 Å². The van der Waals surface area contributed by atoms with Crippen molar-refractivity contribution in [3.63, 3.8) is 0 Å². The Bertz CT molecular complexity index is 640. The molecule has 1 saturated heterocycles. The molecule has 26 heavy (non-hydrogen) atoms. The van der Waals surface area contributed by atoms with Crippen LogP contribution in [0.3, 0.4) is 0 Å². The van der Waals surface area contributed by atoms with Gasteiger partial charge in [-0.2, -0.15) is 5.10 Å². The zero-order valence-corrected chi connectivity index (χ0v) is 16.3. The fraction of sp³-hybridized carbons (Fsp3) is 0.750. The molecule has 0 aromatic carbocycles. The first-order chi connectivity index (χ1) is 12.4. The van der Waals surface area contributed by atoms with E-state index in [-0.39, 0.29) is 29.1 Å². The van der Waals surface area contributed by atoms with E-state index < -0.39 is 0 Å². The average Bonchev–Trinajstić information content (AvgIpc) is 3.30. The number of aromatic nitrogens is 2. The highest BCUT2D eigenvalue weighted by molar-refractivity contribution is 5.88. The van der Waals surface area contributed by atoms with E-state index in [2.05, 4.69) is 36.3 Å². The second-order valence-electron chi connectivity index (χ2n) is 8.78. The number of likely N-dealkylation sites (tertiary alicyclic amines) is 1. The highest BCUT2D eigenvalue weighted by Crippen LogP contribution is 2.32. The van der Waals surface area contributed by atoms with E-state index in [1.807, 2.05) is 11.0 Å². The van der Waals surface area contributed by atoms with Crippen LogP contribution in [-0.4, -0.2) is 40.0 Å². The van der Waals surface area contributed by atoms with Crippen LogP contribution in [0.2, 0.25) is 0 Å². The molecule has 0 bridgehead atoms. The first-order valence-corrected chi connectivity index (χ1v) is 9.97. The van der Waals surface area contributed by atoms with Crippen LogP contribution in [-0.2, 0) is 21.5 Å². The zero-order chi connectivity index (χ0) is 18.7. The molecule has 2 fully saturated rings. The van der Waals surface area contributed by atoms with Gasteiger partial charge in [0.2, 0.25) is 11.8 Å². The van der Waals surface area contributed by atoms with Gasteiger partial charge in [-0.05, 0) is 31.7 Å². The van der Waals surface area contributed by atoms with Crippen LogP contribution in [0.25, 0.3) is 0 Å².